The highest BCUT2D eigenvalue weighted by Crippen LogP contribution is 2.36. The summed E-state index contributed by atoms with van der Waals surface area (Å²) in [5.74, 6) is 0.434. The number of hydrogen-bond acceptors (Lipinski definition) is 1. The monoisotopic (exact) mass is 374 g/mol. The van der Waals surface area contributed by atoms with Gasteiger partial charge in [0.05, 0.1) is 0 Å². The molecule has 1 atom stereocenters. The summed E-state index contributed by atoms with van der Waals surface area (Å²) in [5.41, 5.74) is 1.44. The van der Waals surface area contributed by atoms with Crippen molar-refractivity contribution < 1.29 is 4.43 Å². The molecule has 0 radical (unpaired) electrons. The van der Waals surface area contributed by atoms with Crippen molar-refractivity contribution in [3.05, 3.63) is 22.2 Å². The normalized spacial score (nSPS) is 16.2. The van der Waals surface area contributed by atoms with Gasteiger partial charge in [0.25, 0.3) is 0 Å². The Balaban J connectivity index is 4.48. The summed E-state index contributed by atoms with van der Waals surface area (Å²) < 4.78 is 7.46. The Morgan fingerprint density at radius 2 is 1.86 bits per heavy atom. The van der Waals surface area contributed by atoms with E-state index in [9.17, 15) is 0 Å². The fraction of sp³-hybridized carbons (Fsp3) is 0.778. The van der Waals surface area contributed by atoms with Crippen LogP contribution in [0, 0.1) is 5.92 Å². The molecule has 0 aromatic heterocycles. The summed E-state index contributed by atoms with van der Waals surface area (Å²) in [6, 6.07) is 0. The molecule has 0 bridgehead atoms. The van der Waals surface area contributed by atoms with Crippen molar-refractivity contribution in [1.29, 1.82) is 0 Å². The van der Waals surface area contributed by atoms with Crippen LogP contribution in [-0.2, 0) is 4.43 Å². The zero-order valence-corrected chi connectivity index (χ0v) is 17.9. The van der Waals surface area contributed by atoms with Gasteiger partial charge in [0.15, 0.2) is 8.32 Å². The molecule has 0 aliphatic carbocycles. The van der Waals surface area contributed by atoms with Crippen molar-refractivity contribution in [2.24, 2.45) is 5.92 Å². The quantitative estimate of drug-likeness (QED) is 0.326. The molecule has 0 spiro atoms. The van der Waals surface area contributed by atoms with Gasteiger partial charge in [-0.15, -0.1) is 0 Å². The second-order valence-electron chi connectivity index (χ2n) is 7.69. The van der Waals surface area contributed by atoms with Crippen molar-refractivity contribution in [1.82, 2.24) is 0 Å². The summed E-state index contributed by atoms with van der Waals surface area (Å²) in [4.78, 5) is 0. The third-order valence-electron chi connectivity index (χ3n) is 4.27. The third kappa shape index (κ3) is 8.99. The van der Waals surface area contributed by atoms with Gasteiger partial charge in [-0.05, 0) is 49.9 Å². The number of hydrogen-bond donors (Lipinski definition) is 0. The molecule has 0 heterocycles. The number of halogens is 1. The Morgan fingerprint density at radius 3 is 2.33 bits per heavy atom. The van der Waals surface area contributed by atoms with Gasteiger partial charge in [0.1, 0.15) is 0 Å². The Morgan fingerprint density at radius 1 is 1.29 bits per heavy atom. The first kappa shape index (κ1) is 21.1. The molecule has 0 saturated carbocycles. The topological polar surface area (TPSA) is 9.23 Å². The molecule has 0 amide bonds. The maximum atomic E-state index is 6.28. The van der Waals surface area contributed by atoms with Gasteiger partial charge in [0.2, 0.25) is 0 Å². The first-order chi connectivity index (χ1) is 9.49. The molecule has 21 heavy (non-hydrogen) atoms. The molecular weight excluding hydrogens is 340 g/mol. The molecule has 0 aromatic rings. The Hall–Kier alpha value is 0.137. The van der Waals surface area contributed by atoms with Crippen molar-refractivity contribution in [2.75, 3.05) is 6.61 Å². The van der Waals surface area contributed by atoms with Crippen LogP contribution >= 0.6 is 15.9 Å². The molecule has 124 valence electrons. The average molecular weight is 375 g/mol. The predicted molar refractivity (Wildman–Crippen MR) is 103 cm³/mol. The van der Waals surface area contributed by atoms with Crippen molar-refractivity contribution in [2.45, 2.75) is 78.9 Å². The van der Waals surface area contributed by atoms with Crippen molar-refractivity contribution >= 4 is 24.2 Å². The Bertz CT molecular complexity index is 364. The van der Waals surface area contributed by atoms with Gasteiger partial charge in [0, 0.05) is 11.1 Å². The second-order valence-corrected chi connectivity index (χ2v) is 13.4. The van der Waals surface area contributed by atoms with Crippen LogP contribution in [0.1, 0.15) is 60.8 Å². The SMILES string of the molecule is CCCC/C(C)=C/C(Br)=C/[C@@H](C)CO[Si](C)(C)C(C)(C)C. The summed E-state index contributed by atoms with van der Waals surface area (Å²) in [5, 5.41) is 0.282. The molecule has 0 aromatic carbocycles. The lowest BCUT2D eigenvalue weighted by Crippen LogP contribution is -2.41. The molecule has 0 saturated heterocycles. The first-order valence-corrected chi connectivity index (χ1v) is 11.9. The lowest BCUT2D eigenvalue weighted by atomic mass is 10.1. The van der Waals surface area contributed by atoms with Crippen LogP contribution in [0.5, 0.6) is 0 Å². The third-order valence-corrected chi connectivity index (χ3v) is 9.26. The smallest absolute Gasteiger partial charge is 0.192 e. The number of allylic oxidation sites excluding steroid dienone is 3. The minimum absolute atomic E-state index is 0.282. The number of unbranched alkanes of at least 4 members (excludes halogenated alkanes) is 1. The summed E-state index contributed by atoms with van der Waals surface area (Å²) >= 11 is 3.67. The zero-order chi connectivity index (χ0) is 16.7. The molecule has 0 N–H and O–H groups in total. The van der Waals surface area contributed by atoms with Crippen molar-refractivity contribution in [3.63, 3.8) is 0 Å². The maximum Gasteiger partial charge on any atom is 0.192 e. The van der Waals surface area contributed by atoms with E-state index in [1.54, 1.807) is 0 Å². The van der Waals surface area contributed by atoms with Gasteiger partial charge in [-0.2, -0.15) is 0 Å². The van der Waals surface area contributed by atoms with E-state index in [2.05, 4.69) is 82.7 Å². The molecule has 0 aliphatic rings. The highest BCUT2D eigenvalue weighted by Gasteiger charge is 2.37. The summed E-state index contributed by atoms with van der Waals surface area (Å²) in [6.07, 6.45) is 8.23. The number of rotatable bonds is 8. The molecule has 0 unspecified atom stereocenters. The molecule has 3 heteroatoms. The van der Waals surface area contributed by atoms with Crippen LogP contribution in [0.3, 0.4) is 0 Å². The largest absolute Gasteiger partial charge is 0.416 e. The molecule has 1 nitrogen and oxygen atoms in total. The Kier molecular flexibility index (Phi) is 9.38. The molecule has 0 fully saturated rings. The fourth-order valence-corrected chi connectivity index (χ4v) is 3.64. The first-order valence-electron chi connectivity index (χ1n) is 8.18. The van der Waals surface area contributed by atoms with Gasteiger partial charge in [-0.3, -0.25) is 0 Å². The fourth-order valence-electron chi connectivity index (χ4n) is 1.69. The minimum Gasteiger partial charge on any atom is -0.416 e. The van der Waals surface area contributed by atoms with Gasteiger partial charge in [-0.25, -0.2) is 0 Å². The van der Waals surface area contributed by atoms with Gasteiger partial charge < -0.3 is 4.43 Å². The van der Waals surface area contributed by atoms with Crippen LogP contribution < -0.4 is 0 Å². The zero-order valence-electron chi connectivity index (χ0n) is 15.3. The van der Waals surface area contributed by atoms with E-state index < -0.39 is 8.32 Å². The van der Waals surface area contributed by atoms with E-state index in [1.807, 2.05) is 0 Å². The molecule has 0 rings (SSSR count). The molecule has 0 aliphatic heterocycles. The highest BCUT2D eigenvalue weighted by atomic mass is 79.9. The van der Waals surface area contributed by atoms with Crippen LogP contribution in [0.25, 0.3) is 0 Å². The predicted octanol–water partition coefficient (Wildman–Crippen LogP) is 7.06. The average Bonchev–Trinajstić information content (AvgIpc) is 2.32. The van der Waals surface area contributed by atoms with Crippen LogP contribution in [-0.4, -0.2) is 14.9 Å². The van der Waals surface area contributed by atoms with E-state index in [-0.39, 0.29) is 5.04 Å². The van der Waals surface area contributed by atoms with E-state index in [1.165, 1.54) is 29.3 Å². The maximum absolute atomic E-state index is 6.28. The second kappa shape index (κ2) is 9.31. The van der Waals surface area contributed by atoms with E-state index >= 15 is 0 Å². The van der Waals surface area contributed by atoms with Gasteiger partial charge in [-0.1, -0.05) is 68.6 Å². The van der Waals surface area contributed by atoms with E-state index in [0.29, 0.717) is 5.92 Å². The standard InChI is InChI=1S/C18H35BrOSi/c1-9-10-11-15(2)12-17(19)13-16(3)14-20-21(7,8)18(4,5)6/h12-13,16H,9-11,14H2,1-8H3/b15-12+,17-13-/t16-/m1/s1. The van der Waals surface area contributed by atoms with E-state index in [0.717, 1.165) is 6.61 Å². The highest BCUT2D eigenvalue weighted by molar-refractivity contribution is 9.11. The van der Waals surface area contributed by atoms with Crippen molar-refractivity contribution in [3.8, 4) is 0 Å². The van der Waals surface area contributed by atoms with Gasteiger partial charge >= 0.3 is 0 Å². The van der Waals surface area contributed by atoms with Crippen LogP contribution in [0.4, 0.5) is 0 Å². The lowest BCUT2D eigenvalue weighted by Gasteiger charge is -2.36. The minimum atomic E-state index is -1.63. The van der Waals surface area contributed by atoms with Crippen LogP contribution in [0.2, 0.25) is 18.1 Å². The summed E-state index contributed by atoms with van der Waals surface area (Å²) in [7, 11) is -1.63. The Labute approximate surface area is 142 Å². The van der Waals surface area contributed by atoms with E-state index in [4.69, 9.17) is 4.43 Å². The van der Waals surface area contributed by atoms with Crippen LogP contribution in [0.15, 0.2) is 22.2 Å². The summed E-state index contributed by atoms with van der Waals surface area (Å²) in [6.45, 7) is 19.0. The lowest BCUT2D eigenvalue weighted by molar-refractivity contribution is 0.259. The molecular formula is C18H35BrOSi.